The monoisotopic (exact) mass is 494 g/mol. The van der Waals surface area contributed by atoms with Crippen molar-refractivity contribution in [2.75, 3.05) is 6.61 Å². The largest absolute Gasteiger partial charge is 0.459 e. The maximum atomic E-state index is 13.3. The molecule has 10 nitrogen and oxygen atoms in total. The molecule has 5 aliphatic rings. The first-order chi connectivity index (χ1) is 16.2. The second-order valence-electron chi connectivity index (χ2n) is 11.6. The highest BCUT2D eigenvalue weighted by atomic mass is 16.7. The molecule has 12 atom stereocenters. The first-order valence-corrected chi connectivity index (χ1v) is 12.3. The SMILES string of the molecule is CC[C@@](C)(O)C(=O)O[C@@H]1C(=O)O[C@@H]2C[C@H]3C(C)=CC(=O)[C@@H](O)[C@]3(C)[C@@H]3[C@]4(O)OC[C@@]23[C@H]1[C@H](C)[C@@H]4O. The van der Waals surface area contributed by atoms with E-state index < -0.39 is 88.0 Å². The van der Waals surface area contributed by atoms with Gasteiger partial charge in [-0.3, -0.25) is 4.79 Å². The average Bonchev–Trinajstić information content (AvgIpc) is 3.08. The zero-order chi connectivity index (χ0) is 25.9. The number of carbonyl (C=O) groups is 3. The highest BCUT2D eigenvalue weighted by Gasteiger charge is 2.83. The normalized spacial score (nSPS) is 52.0. The molecule has 2 aliphatic heterocycles. The van der Waals surface area contributed by atoms with Crippen molar-refractivity contribution in [2.45, 2.75) is 83.3 Å². The fraction of sp³-hybridized carbons (Fsp3) is 0.800. The zero-order valence-corrected chi connectivity index (χ0v) is 20.6. The van der Waals surface area contributed by atoms with Crippen molar-refractivity contribution in [3.63, 3.8) is 0 Å². The van der Waals surface area contributed by atoms with Gasteiger partial charge in [-0.05, 0) is 44.6 Å². The van der Waals surface area contributed by atoms with E-state index >= 15 is 0 Å². The lowest BCUT2D eigenvalue weighted by Crippen LogP contribution is -2.78. The number of ketones is 1. The zero-order valence-electron chi connectivity index (χ0n) is 20.6. The third-order valence-electron chi connectivity index (χ3n) is 9.99. The second kappa shape index (κ2) is 7.35. The van der Waals surface area contributed by atoms with Gasteiger partial charge in [0, 0.05) is 22.7 Å². The molecular formula is C25H34O10. The van der Waals surface area contributed by atoms with Crippen LogP contribution in [0.15, 0.2) is 11.6 Å². The average molecular weight is 495 g/mol. The lowest BCUT2D eigenvalue weighted by molar-refractivity contribution is -0.340. The minimum Gasteiger partial charge on any atom is -0.459 e. The molecule has 0 aromatic rings. The second-order valence-corrected chi connectivity index (χ2v) is 11.6. The fourth-order valence-corrected chi connectivity index (χ4v) is 8.12. The Morgan fingerprint density at radius 2 is 1.97 bits per heavy atom. The molecule has 4 fully saturated rings. The van der Waals surface area contributed by atoms with Crippen molar-refractivity contribution in [3.8, 4) is 0 Å². The lowest BCUT2D eigenvalue weighted by Gasteiger charge is -2.68. The van der Waals surface area contributed by atoms with Gasteiger partial charge in [0.1, 0.15) is 18.3 Å². The number of aliphatic hydroxyl groups excluding tert-OH is 2. The number of hydrogen-bond acceptors (Lipinski definition) is 10. The van der Waals surface area contributed by atoms with Gasteiger partial charge in [-0.2, -0.15) is 0 Å². The third kappa shape index (κ3) is 2.80. The molecule has 0 radical (unpaired) electrons. The Labute approximate surface area is 203 Å². The third-order valence-corrected chi connectivity index (χ3v) is 9.99. The number of esters is 2. The molecule has 4 N–H and O–H groups in total. The number of aliphatic hydroxyl groups is 4. The van der Waals surface area contributed by atoms with Crippen molar-refractivity contribution in [1.29, 1.82) is 0 Å². The molecule has 0 aromatic heterocycles. The van der Waals surface area contributed by atoms with Gasteiger partial charge in [0.25, 0.3) is 0 Å². The topological polar surface area (TPSA) is 160 Å². The quantitative estimate of drug-likeness (QED) is 0.389. The van der Waals surface area contributed by atoms with E-state index in [1.807, 2.05) is 0 Å². The summed E-state index contributed by atoms with van der Waals surface area (Å²) in [6.07, 6.45) is -3.51. The lowest BCUT2D eigenvalue weighted by atomic mass is 9.38. The van der Waals surface area contributed by atoms with Crippen LogP contribution < -0.4 is 0 Å². The first-order valence-electron chi connectivity index (χ1n) is 12.3. The number of carbonyl (C=O) groups excluding carboxylic acids is 3. The summed E-state index contributed by atoms with van der Waals surface area (Å²) in [4.78, 5) is 38.8. The van der Waals surface area contributed by atoms with Crippen LogP contribution >= 0.6 is 0 Å². The minimum absolute atomic E-state index is 0.0510. The Morgan fingerprint density at radius 1 is 1.31 bits per heavy atom. The Hall–Kier alpha value is -1.85. The number of ether oxygens (including phenoxy) is 3. The van der Waals surface area contributed by atoms with Gasteiger partial charge < -0.3 is 34.6 Å². The summed E-state index contributed by atoms with van der Waals surface area (Å²) in [6, 6.07) is 0. The molecule has 0 unspecified atom stereocenters. The Balaban J connectivity index is 1.69. The van der Waals surface area contributed by atoms with E-state index in [-0.39, 0.29) is 19.4 Å². The van der Waals surface area contributed by atoms with Gasteiger partial charge in [-0.1, -0.05) is 26.3 Å². The van der Waals surface area contributed by atoms with Crippen LogP contribution in [0.1, 0.15) is 47.5 Å². The molecule has 1 spiro atoms. The van der Waals surface area contributed by atoms with Crippen LogP contribution in [-0.2, 0) is 28.6 Å². The van der Waals surface area contributed by atoms with E-state index in [1.165, 1.54) is 13.0 Å². The van der Waals surface area contributed by atoms with Crippen molar-refractivity contribution in [3.05, 3.63) is 11.6 Å². The predicted octanol–water partition coefficient (Wildman–Crippen LogP) is -0.151. The Kier molecular flexibility index (Phi) is 5.21. The van der Waals surface area contributed by atoms with Crippen LogP contribution in [0, 0.1) is 34.5 Å². The molecule has 0 aromatic carbocycles. The number of allylic oxidation sites excluding steroid dienone is 1. The highest BCUT2D eigenvalue weighted by molar-refractivity contribution is 5.96. The van der Waals surface area contributed by atoms with Gasteiger partial charge in [-0.25, -0.2) is 9.59 Å². The van der Waals surface area contributed by atoms with Crippen LogP contribution in [0.4, 0.5) is 0 Å². The van der Waals surface area contributed by atoms with E-state index in [0.29, 0.717) is 5.57 Å². The van der Waals surface area contributed by atoms with Crippen molar-refractivity contribution in [1.82, 2.24) is 0 Å². The summed E-state index contributed by atoms with van der Waals surface area (Å²) in [6.45, 7) is 7.88. The summed E-state index contributed by atoms with van der Waals surface area (Å²) >= 11 is 0. The molecule has 10 heteroatoms. The van der Waals surface area contributed by atoms with Gasteiger partial charge in [0.15, 0.2) is 17.2 Å². The summed E-state index contributed by atoms with van der Waals surface area (Å²) in [5, 5.41) is 44.8. The summed E-state index contributed by atoms with van der Waals surface area (Å²) in [5.41, 5.74) is -3.54. The smallest absolute Gasteiger partial charge is 0.348 e. The first kappa shape index (κ1) is 24.8. The van der Waals surface area contributed by atoms with Crippen molar-refractivity contribution in [2.24, 2.45) is 34.5 Å². The van der Waals surface area contributed by atoms with Crippen LogP contribution in [-0.4, -0.2) is 80.6 Å². The molecule has 2 saturated carbocycles. The molecule has 5 rings (SSSR count). The fourth-order valence-electron chi connectivity index (χ4n) is 8.12. The standard InChI is InChI=1S/C25H34O10/c1-6-22(4,31)21(30)35-16-15-11(3)17(27)25(32)20-23(5)12(10(2)7-13(26)18(23)28)8-14(34-19(16)29)24(15,20)9-33-25/h7,11-12,14-18,20,27-28,31-32H,6,8-9H2,1-5H3/t11-,12-,14+,15-,16-,17-,18+,20-,22+,23+,24-,25+/m0/s1. The Morgan fingerprint density at radius 3 is 2.60 bits per heavy atom. The molecule has 2 bridgehead atoms. The number of hydrogen-bond donors (Lipinski definition) is 4. The number of fused-ring (bicyclic) bond motifs is 1. The molecule has 0 amide bonds. The maximum Gasteiger partial charge on any atom is 0.348 e. The molecule has 35 heavy (non-hydrogen) atoms. The molecular weight excluding hydrogens is 460 g/mol. The molecule has 2 saturated heterocycles. The predicted molar refractivity (Wildman–Crippen MR) is 117 cm³/mol. The van der Waals surface area contributed by atoms with Crippen LogP contribution in [0.5, 0.6) is 0 Å². The maximum absolute atomic E-state index is 13.3. The van der Waals surface area contributed by atoms with E-state index in [0.717, 1.165) is 0 Å². The van der Waals surface area contributed by atoms with Crippen LogP contribution in [0.3, 0.4) is 0 Å². The summed E-state index contributed by atoms with van der Waals surface area (Å²) in [7, 11) is 0. The molecule has 3 aliphatic carbocycles. The van der Waals surface area contributed by atoms with Crippen molar-refractivity contribution < 1.29 is 49.0 Å². The number of rotatable bonds is 3. The van der Waals surface area contributed by atoms with Gasteiger partial charge in [-0.15, -0.1) is 0 Å². The van der Waals surface area contributed by atoms with E-state index in [9.17, 15) is 34.8 Å². The highest BCUT2D eigenvalue weighted by Crippen LogP contribution is 2.73. The summed E-state index contributed by atoms with van der Waals surface area (Å²) < 4.78 is 17.4. The van der Waals surface area contributed by atoms with E-state index in [2.05, 4.69) is 0 Å². The van der Waals surface area contributed by atoms with Gasteiger partial charge in [0.05, 0.1) is 6.61 Å². The molecule has 2 heterocycles. The van der Waals surface area contributed by atoms with E-state index in [1.54, 1.807) is 27.7 Å². The van der Waals surface area contributed by atoms with Crippen LogP contribution in [0.2, 0.25) is 0 Å². The summed E-state index contributed by atoms with van der Waals surface area (Å²) in [5.74, 6) is -7.47. The molecule has 194 valence electrons. The van der Waals surface area contributed by atoms with Crippen LogP contribution in [0.25, 0.3) is 0 Å². The Bertz CT molecular complexity index is 1020. The van der Waals surface area contributed by atoms with Gasteiger partial charge >= 0.3 is 11.9 Å². The van der Waals surface area contributed by atoms with Crippen molar-refractivity contribution >= 4 is 17.7 Å². The van der Waals surface area contributed by atoms with E-state index in [4.69, 9.17) is 14.2 Å². The van der Waals surface area contributed by atoms with Gasteiger partial charge in [0.2, 0.25) is 6.10 Å². The minimum atomic E-state index is -2.12.